The Kier molecular flexibility index (Phi) is 6.52. The van der Waals surface area contributed by atoms with Crippen LogP contribution in [-0.4, -0.2) is 52.9 Å². The molecule has 0 saturated carbocycles. The highest BCUT2D eigenvalue weighted by Gasteiger charge is 2.29. The van der Waals surface area contributed by atoms with Crippen molar-refractivity contribution in [2.75, 3.05) is 26.3 Å². The van der Waals surface area contributed by atoms with Gasteiger partial charge in [0.2, 0.25) is 5.91 Å². The predicted molar refractivity (Wildman–Crippen MR) is 106 cm³/mol. The second kappa shape index (κ2) is 8.87. The highest BCUT2D eigenvalue weighted by atomic mass is 35.5. The first kappa shape index (κ1) is 19.9. The highest BCUT2D eigenvalue weighted by Crippen LogP contribution is 2.24. The summed E-state index contributed by atoms with van der Waals surface area (Å²) >= 11 is 6.03. The van der Waals surface area contributed by atoms with Gasteiger partial charge < -0.3 is 10.1 Å². The summed E-state index contributed by atoms with van der Waals surface area (Å²) in [7, 11) is 0. The normalized spacial score (nSPS) is 17.5. The molecule has 1 fully saturated rings. The average Bonchev–Trinajstić information content (AvgIpc) is 2.94. The molecule has 1 aromatic carbocycles. The van der Waals surface area contributed by atoms with E-state index in [1.165, 1.54) is 0 Å². The number of carbonyl (C=O) groups is 1. The van der Waals surface area contributed by atoms with Crippen LogP contribution in [0.3, 0.4) is 0 Å². The van der Waals surface area contributed by atoms with Crippen LogP contribution in [0, 0.1) is 13.8 Å². The molecule has 1 saturated heterocycles. The summed E-state index contributed by atoms with van der Waals surface area (Å²) in [5.41, 5.74) is 3.02. The largest absolute Gasteiger partial charge is 0.379 e. The molecule has 0 spiro atoms. The van der Waals surface area contributed by atoms with Crippen molar-refractivity contribution >= 4 is 17.5 Å². The third-order valence-electron chi connectivity index (χ3n) is 4.78. The number of hydrogen-bond donors (Lipinski definition) is 1. The van der Waals surface area contributed by atoms with Gasteiger partial charge in [-0.15, -0.1) is 0 Å². The number of benzene rings is 1. The predicted octanol–water partition coefficient (Wildman–Crippen LogP) is 2.73. The van der Waals surface area contributed by atoms with Gasteiger partial charge in [-0.25, -0.2) is 0 Å². The first-order valence-electron chi connectivity index (χ1n) is 9.32. The first-order valence-corrected chi connectivity index (χ1v) is 9.70. The molecule has 1 aromatic heterocycles. The fourth-order valence-electron chi connectivity index (χ4n) is 3.50. The van der Waals surface area contributed by atoms with Gasteiger partial charge in [-0.05, 0) is 44.5 Å². The van der Waals surface area contributed by atoms with Gasteiger partial charge in [0.15, 0.2) is 0 Å². The average molecular weight is 391 g/mol. The van der Waals surface area contributed by atoms with Gasteiger partial charge in [-0.2, -0.15) is 5.10 Å². The molecule has 1 N–H and O–H groups in total. The molecule has 2 heterocycles. The number of nitrogens with zero attached hydrogens (tertiary/aromatic N) is 3. The lowest BCUT2D eigenvalue weighted by molar-refractivity contribution is -0.129. The van der Waals surface area contributed by atoms with Gasteiger partial charge in [0.1, 0.15) is 6.04 Å². The lowest BCUT2D eigenvalue weighted by atomic mass is 10.0. The van der Waals surface area contributed by atoms with Crippen molar-refractivity contribution in [3.8, 4) is 0 Å². The van der Waals surface area contributed by atoms with E-state index in [-0.39, 0.29) is 18.0 Å². The van der Waals surface area contributed by atoms with E-state index in [0.29, 0.717) is 24.8 Å². The Morgan fingerprint density at radius 2 is 1.93 bits per heavy atom. The van der Waals surface area contributed by atoms with Crippen molar-refractivity contribution < 1.29 is 9.53 Å². The summed E-state index contributed by atoms with van der Waals surface area (Å²) in [6, 6.07) is 9.16. The number of ether oxygens (including phenoxy) is 1. The maximum absolute atomic E-state index is 13.2. The van der Waals surface area contributed by atoms with Crippen LogP contribution >= 0.6 is 11.6 Å². The summed E-state index contributed by atoms with van der Waals surface area (Å²) in [5.74, 6) is -0.00625. The topological polar surface area (TPSA) is 59.4 Å². The number of aromatic nitrogens is 2. The van der Waals surface area contributed by atoms with Gasteiger partial charge in [-0.1, -0.05) is 23.7 Å². The van der Waals surface area contributed by atoms with Crippen LogP contribution < -0.4 is 5.32 Å². The lowest BCUT2D eigenvalue weighted by Gasteiger charge is -2.34. The molecule has 0 bridgehead atoms. The number of nitrogens with one attached hydrogen (secondary N) is 1. The summed E-state index contributed by atoms with van der Waals surface area (Å²) in [4.78, 5) is 15.3. The van der Waals surface area contributed by atoms with Crippen LogP contribution in [0.15, 0.2) is 30.3 Å². The minimum absolute atomic E-state index is 0.00625. The molecular formula is C20H27ClN4O2. The van der Waals surface area contributed by atoms with Crippen molar-refractivity contribution in [3.05, 3.63) is 52.3 Å². The molecule has 2 unspecified atom stereocenters. The summed E-state index contributed by atoms with van der Waals surface area (Å²) < 4.78 is 7.39. The van der Waals surface area contributed by atoms with E-state index in [1.54, 1.807) is 0 Å². The zero-order chi connectivity index (χ0) is 19.4. The Hall–Kier alpha value is -1.89. The van der Waals surface area contributed by atoms with Crippen LogP contribution in [0.2, 0.25) is 5.02 Å². The maximum atomic E-state index is 13.2. The molecule has 1 aliphatic heterocycles. The molecule has 6 nitrogen and oxygen atoms in total. The minimum atomic E-state index is -0.353. The van der Waals surface area contributed by atoms with Crippen molar-refractivity contribution in [1.82, 2.24) is 20.0 Å². The Morgan fingerprint density at radius 1 is 1.26 bits per heavy atom. The number of aryl methyl sites for hydroxylation is 2. The Labute approximate surface area is 165 Å². The number of amides is 1. The standard InChI is InChI=1S/C20H27ClN4O2/c1-14-12-16(3)25(23-14)13-15(2)22-20(26)19(24-8-10-27-11-9-24)17-4-6-18(21)7-5-17/h4-7,12,15,19H,8-11,13H2,1-3H3,(H,22,26). The van der Waals surface area contributed by atoms with E-state index in [2.05, 4.69) is 15.3 Å². The second-order valence-electron chi connectivity index (χ2n) is 7.12. The summed E-state index contributed by atoms with van der Waals surface area (Å²) in [6.45, 7) is 9.38. The highest BCUT2D eigenvalue weighted by molar-refractivity contribution is 6.30. The number of carbonyl (C=O) groups excluding carboxylic acids is 1. The molecule has 1 aliphatic rings. The molecule has 0 aliphatic carbocycles. The van der Waals surface area contributed by atoms with Crippen LogP contribution in [0.25, 0.3) is 0 Å². The summed E-state index contributed by atoms with van der Waals surface area (Å²) in [5, 5.41) is 8.31. The third kappa shape index (κ3) is 5.09. The molecule has 0 radical (unpaired) electrons. The number of hydrogen-bond acceptors (Lipinski definition) is 4. The Morgan fingerprint density at radius 3 is 2.52 bits per heavy atom. The molecular weight excluding hydrogens is 364 g/mol. The van der Waals surface area contributed by atoms with E-state index in [0.717, 1.165) is 30.0 Å². The lowest BCUT2D eigenvalue weighted by Crippen LogP contribution is -2.48. The molecule has 7 heteroatoms. The van der Waals surface area contributed by atoms with Crippen LogP contribution in [0.1, 0.15) is 29.9 Å². The molecule has 2 aromatic rings. The smallest absolute Gasteiger partial charge is 0.242 e. The van der Waals surface area contributed by atoms with Gasteiger partial charge >= 0.3 is 0 Å². The van der Waals surface area contributed by atoms with Crippen molar-refractivity contribution in [1.29, 1.82) is 0 Å². The van der Waals surface area contributed by atoms with E-state index in [4.69, 9.17) is 16.3 Å². The van der Waals surface area contributed by atoms with E-state index in [9.17, 15) is 4.79 Å². The maximum Gasteiger partial charge on any atom is 0.242 e. The number of morpholine rings is 1. The fourth-order valence-corrected chi connectivity index (χ4v) is 3.62. The van der Waals surface area contributed by atoms with Crippen molar-refractivity contribution in [2.45, 2.75) is 39.4 Å². The molecule has 1 amide bonds. The van der Waals surface area contributed by atoms with Gasteiger partial charge in [-0.3, -0.25) is 14.4 Å². The Bertz CT molecular complexity index is 769. The monoisotopic (exact) mass is 390 g/mol. The molecule has 146 valence electrons. The number of rotatable bonds is 6. The zero-order valence-corrected chi connectivity index (χ0v) is 16.9. The SMILES string of the molecule is Cc1cc(C)n(CC(C)NC(=O)C(c2ccc(Cl)cc2)N2CCOCC2)n1. The molecule has 27 heavy (non-hydrogen) atoms. The van der Waals surface area contributed by atoms with Gasteiger partial charge in [0.05, 0.1) is 25.5 Å². The Balaban J connectivity index is 1.73. The second-order valence-corrected chi connectivity index (χ2v) is 7.56. The first-order chi connectivity index (χ1) is 12.9. The molecule has 3 rings (SSSR count). The minimum Gasteiger partial charge on any atom is -0.379 e. The third-order valence-corrected chi connectivity index (χ3v) is 5.04. The van der Waals surface area contributed by atoms with Crippen molar-refractivity contribution in [3.63, 3.8) is 0 Å². The van der Waals surface area contributed by atoms with Crippen molar-refractivity contribution in [2.24, 2.45) is 0 Å². The van der Waals surface area contributed by atoms with E-state index in [1.807, 2.05) is 55.8 Å². The zero-order valence-electron chi connectivity index (χ0n) is 16.1. The van der Waals surface area contributed by atoms with E-state index < -0.39 is 0 Å². The quantitative estimate of drug-likeness (QED) is 0.823. The van der Waals surface area contributed by atoms with Gasteiger partial charge in [0, 0.05) is 29.8 Å². The van der Waals surface area contributed by atoms with Crippen LogP contribution in [0.4, 0.5) is 0 Å². The van der Waals surface area contributed by atoms with Crippen LogP contribution in [0.5, 0.6) is 0 Å². The van der Waals surface area contributed by atoms with Crippen LogP contribution in [-0.2, 0) is 16.1 Å². The summed E-state index contributed by atoms with van der Waals surface area (Å²) in [6.07, 6.45) is 0. The van der Waals surface area contributed by atoms with Gasteiger partial charge in [0.25, 0.3) is 0 Å². The molecule has 2 atom stereocenters. The number of halogens is 1. The van der Waals surface area contributed by atoms with E-state index >= 15 is 0 Å². The fraction of sp³-hybridized carbons (Fsp3) is 0.500.